The fourth-order valence-electron chi connectivity index (χ4n) is 3.19. The molecule has 2 aromatic rings. The number of carbonyl (C=O) groups is 1. The minimum atomic E-state index is -0.287. The molecule has 6 nitrogen and oxygen atoms in total. The second-order valence-electron chi connectivity index (χ2n) is 6.21. The van der Waals surface area contributed by atoms with Crippen molar-refractivity contribution in [2.24, 2.45) is 0 Å². The van der Waals surface area contributed by atoms with E-state index in [1.54, 1.807) is 0 Å². The Bertz CT molecular complexity index is 764. The van der Waals surface area contributed by atoms with E-state index < -0.39 is 0 Å². The van der Waals surface area contributed by atoms with E-state index in [9.17, 15) is 4.79 Å². The molecule has 7 heteroatoms. The highest BCUT2D eigenvalue weighted by molar-refractivity contribution is 7.20. The van der Waals surface area contributed by atoms with Gasteiger partial charge in [0.05, 0.1) is 24.2 Å². The molecular weight excluding hydrogens is 326 g/mol. The first-order valence-electron chi connectivity index (χ1n) is 8.26. The normalized spacial score (nSPS) is 21.3. The number of fused-ring (bicyclic) bond motifs is 1. The number of morpholine rings is 1. The van der Waals surface area contributed by atoms with E-state index >= 15 is 0 Å². The molecule has 3 rings (SSSR count). The molecule has 0 bridgehead atoms. The number of thiophene rings is 1. The van der Waals surface area contributed by atoms with Crippen molar-refractivity contribution in [1.29, 1.82) is 0 Å². The highest BCUT2D eigenvalue weighted by Crippen LogP contribution is 2.36. The summed E-state index contributed by atoms with van der Waals surface area (Å²) in [5, 5.41) is 0.954. The molecule has 0 aromatic carbocycles. The van der Waals surface area contributed by atoms with Gasteiger partial charge >= 0.3 is 5.97 Å². The van der Waals surface area contributed by atoms with Crippen LogP contribution in [0.5, 0.6) is 0 Å². The first-order valence-corrected chi connectivity index (χ1v) is 9.07. The fourth-order valence-corrected chi connectivity index (χ4v) is 4.31. The molecule has 1 saturated heterocycles. The molecule has 2 aromatic heterocycles. The molecule has 130 valence electrons. The Kier molecular flexibility index (Phi) is 4.73. The summed E-state index contributed by atoms with van der Waals surface area (Å²) in [5.74, 6) is 1.31. The van der Waals surface area contributed by atoms with Crippen LogP contribution < -0.4 is 4.90 Å². The number of hydrogen-bond acceptors (Lipinski definition) is 7. The summed E-state index contributed by atoms with van der Waals surface area (Å²) >= 11 is 1.38. The van der Waals surface area contributed by atoms with Gasteiger partial charge < -0.3 is 14.4 Å². The number of ether oxygens (including phenoxy) is 2. The van der Waals surface area contributed by atoms with Gasteiger partial charge in [0.15, 0.2) is 0 Å². The van der Waals surface area contributed by atoms with Gasteiger partial charge in [0.2, 0.25) is 0 Å². The van der Waals surface area contributed by atoms with E-state index in [2.05, 4.69) is 28.7 Å². The van der Waals surface area contributed by atoms with Crippen molar-refractivity contribution in [3.05, 3.63) is 16.3 Å². The lowest BCUT2D eigenvalue weighted by molar-refractivity contribution is -0.00538. The van der Waals surface area contributed by atoms with E-state index in [1.165, 1.54) is 11.3 Å². The third-order valence-corrected chi connectivity index (χ3v) is 5.23. The topological polar surface area (TPSA) is 64.5 Å². The van der Waals surface area contributed by atoms with E-state index in [0.717, 1.165) is 34.7 Å². The number of anilines is 1. The SMILES string of the molecule is CCOC(=O)c1sc2nc(C)nc(N3C[C@@H](C)O[C@H](C)C3)c2c1C. The van der Waals surface area contributed by atoms with Gasteiger partial charge in [-0.25, -0.2) is 14.8 Å². The van der Waals surface area contributed by atoms with Crippen molar-refractivity contribution in [2.75, 3.05) is 24.6 Å². The summed E-state index contributed by atoms with van der Waals surface area (Å²) in [7, 11) is 0. The van der Waals surface area contributed by atoms with Crippen molar-refractivity contribution >= 4 is 33.3 Å². The molecule has 0 spiro atoms. The van der Waals surface area contributed by atoms with Gasteiger partial charge in [-0.1, -0.05) is 0 Å². The van der Waals surface area contributed by atoms with Crippen molar-refractivity contribution in [2.45, 2.75) is 46.8 Å². The van der Waals surface area contributed by atoms with Crippen LogP contribution in [0, 0.1) is 13.8 Å². The quantitative estimate of drug-likeness (QED) is 0.794. The molecule has 1 fully saturated rings. The van der Waals surface area contributed by atoms with Crippen LogP contribution in [-0.4, -0.2) is 47.8 Å². The monoisotopic (exact) mass is 349 g/mol. The second kappa shape index (κ2) is 6.64. The van der Waals surface area contributed by atoms with Gasteiger partial charge in [-0.3, -0.25) is 0 Å². The number of esters is 1. The van der Waals surface area contributed by atoms with Crippen molar-refractivity contribution in [3.8, 4) is 0 Å². The van der Waals surface area contributed by atoms with Gasteiger partial charge in [-0.05, 0) is 40.2 Å². The first kappa shape index (κ1) is 17.1. The number of hydrogen-bond donors (Lipinski definition) is 0. The molecule has 0 unspecified atom stereocenters. The first-order chi connectivity index (χ1) is 11.4. The zero-order valence-electron chi connectivity index (χ0n) is 14.8. The molecule has 0 radical (unpaired) electrons. The van der Waals surface area contributed by atoms with Gasteiger partial charge in [-0.15, -0.1) is 11.3 Å². The van der Waals surface area contributed by atoms with Crippen LogP contribution in [0.2, 0.25) is 0 Å². The number of aryl methyl sites for hydroxylation is 2. The Morgan fingerprint density at radius 2 is 1.96 bits per heavy atom. The predicted molar refractivity (Wildman–Crippen MR) is 95.1 cm³/mol. The maximum atomic E-state index is 12.2. The average molecular weight is 349 g/mol. The van der Waals surface area contributed by atoms with Gasteiger partial charge in [-0.2, -0.15) is 0 Å². The largest absolute Gasteiger partial charge is 0.462 e. The van der Waals surface area contributed by atoms with Crippen molar-refractivity contribution < 1.29 is 14.3 Å². The van der Waals surface area contributed by atoms with Gasteiger partial charge in [0.1, 0.15) is 21.3 Å². The number of aromatic nitrogens is 2. The lowest BCUT2D eigenvalue weighted by atomic mass is 10.1. The Balaban J connectivity index is 2.12. The Hall–Kier alpha value is -1.73. The van der Waals surface area contributed by atoms with Crippen molar-refractivity contribution in [1.82, 2.24) is 9.97 Å². The van der Waals surface area contributed by atoms with E-state index in [4.69, 9.17) is 9.47 Å². The lowest BCUT2D eigenvalue weighted by Gasteiger charge is -2.36. The molecule has 0 amide bonds. The summed E-state index contributed by atoms with van der Waals surface area (Å²) in [5.41, 5.74) is 0.898. The molecule has 0 aliphatic carbocycles. The highest BCUT2D eigenvalue weighted by Gasteiger charge is 2.28. The molecule has 0 N–H and O–H groups in total. The predicted octanol–water partition coefficient (Wildman–Crippen LogP) is 3.10. The van der Waals surface area contributed by atoms with Crippen LogP contribution in [0.15, 0.2) is 0 Å². The Morgan fingerprint density at radius 3 is 2.58 bits per heavy atom. The molecule has 2 atom stereocenters. The van der Waals surface area contributed by atoms with Crippen LogP contribution in [-0.2, 0) is 9.47 Å². The third-order valence-electron chi connectivity index (χ3n) is 4.06. The number of rotatable bonds is 3. The Morgan fingerprint density at radius 1 is 1.29 bits per heavy atom. The summed E-state index contributed by atoms with van der Waals surface area (Å²) in [4.78, 5) is 25.1. The maximum Gasteiger partial charge on any atom is 0.348 e. The molecule has 1 aliphatic heterocycles. The molecular formula is C17H23N3O3S. The number of carbonyl (C=O) groups excluding carboxylic acids is 1. The van der Waals surface area contributed by atoms with Crippen LogP contribution >= 0.6 is 11.3 Å². The zero-order valence-corrected chi connectivity index (χ0v) is 15.6. The van der Waals surface area contributed by atoms with Crippen LogP contribution in [0.1, 0.15) is 41.8 Å². The standard InChI is InChI=1S/C17H23N3O3S/c1-6-22-17(21)14-11(4)13-15(18-12(5)19-16(13)24-14)20-7-9(2)23-10(3)8-20/h9-10H,6-8H2,1-5H3/t9-,10-/m1/s1. The van der Waals surface area contributed by atoms with E-state index in [-0.39, 0.29) is 18.2 Å². The zero-order chi connectivity index (χ0) is 17.4. The van der Waals surface area contributed by atoms with Crippen molar-refractivity contribution in [3.63, 3.8) is 0 Å². The smallest absolute Gasteiger partial charge is 0.348 e. The van der Waals surface area contributed by atoms with Gasteiger partial charge in [0, 0.05) is 13.1 Å². The number of nitrogens with zero attached hydrogens (tertiary/aromatic N) is 3. The molecule has 0 saturated carbocycles. The Labute approximate surface area is 145 Å². The second-order valence-corrected chi connectivity index (χ2v) is 7.21. The summed E-state index contributed by atoms with van der Waals surface area (Å²) in [6, 6.07) is 0. The minimum Gasteiger partial charge on any atom is -0.462 e. The minimum absolute atomic E-state index is 0.141. The third kappa shape index (κ3) is 3.10. The van der Waals surface area contributed by atoms with E-state index in [1.807, 2.05) is 20.8 Å². The van der Waals surface area contributed by atoms with Crippen LogP contribution in [0.4, 0.5) is 5.82 Å². The maximum absolute atomic E-state index is 12.2. The lowest BCUT2D eigenvalue weighted by Crippen LogP contribution is -2.46. The highest BCUT2D eigenvalue weighted by atomic mass is 32.1. The summed E-state index contributed by atoms with van der Waals surface area (Å²) < 4.78 is 11.0. The molecule has 1 aliphatic rings. The summed E-state index contributed by atoms with van der Waals surface area (Å²) in [6.07, 6.45) is 0.282. The summed E-state index contributed by atoms with van der Waals surface area (Å²) in [6.45, 7) is 11.7. The average Bonchev–Trinajstić information content (AvgIpc) is 2.82. The molecule has 24 heavy (non-hydrogen) atoms. The van der Waals surface area contributed by atoms with Crippen LogP contribution in [0.25, 0.3) is 10.2 Å². The van der Waals surface area contributed by atoms with E-state index in [0.29, 0.717) is 17.3 Å². The fraction of sp³-hybridized carbons (Fsp3) is 0.588. The molecule has 3 heterocycles. The van der Waals surface area contributed by atoms with Gasteiger partial charge in [0.25, 0.3) is 0 Å². The van der Waals surface area contributed by atoms with Crippen LogP contribution in [0.3, 0.4) is 0 Å².